The summed E-state index contributed by atoms with van der Waals surface area (Å²) < 4.78 is 5.69. The number of thioether (sulfide) groups is 1. The maximum atomic E-state index is 12.7. The minimum atomic E-state index is -0.260. The first kappa shape index (κ1) is 16.4. The molecule has 1 aromatic carbocycles. The zero-order valence-corrected chi connectivity index (χ0v) is 15.3. The van der Waals surface area contributed by atoms with Crippen LogP contribution in [0.2, 0.25) is 0 Å². The van der Waals surface area contributed by atoms with Crippen molar-refractivity contribution in [3.63, 3.8) is 0 Å². The molecule has 0 bridgehead atoms. The number of carbonyl (C=O) groups is 1. The number of rotatable bonds is 4. The number of benzene rings is 1. The lowest BCUT2D eigenvalue weighted by Gasteiger charge is -2.28. The average molecular weight is 371 g/mol. The van der Waals surface area contributed by atoms with E-state index < -0.39 is 0 Å². The van der Waals surface area contributed by atoms with Gasteiger partial charge in [0.25, 0.3) is 5.22 Å². The van der Waals surface area contributed by atoms with E-state index in [1.165, 1.54) is 22.2 Å². The Hall–Kier alpha value is -2.12. The van der Waals surface area contributed by atoms with Crippen molar-refractivity contribution >= 4 is 29.0 Å². The Kier molecular flexibility index (Phi) is 4.59. The molecule has 128 valence electrons. The van der Waals surface area contributed by atoms with Crippen LogP contribution in [0, 0.1) is 0 Å². The van der Waals surface area contributed by atoms with Crippen molar-refractivity contribution in [1.29, 1.82) is 0 Å². The number of hydrogen-bond acceptors (Lipinski definition) is 6. The summed E-state index contributed by atoms with van der Waals surface area (Å²) in [4.78, 5) is 16.0. The van der Waals surface area contributed by atoms with Gasteiger partial charge in [0.15, 0.2) is 0 Å². The van der Waals surface area contributed by atoms with E-state index in [-0.39, 0.29) is 11.2 Å². The van der Waals surface area contributed by atoms with Gasteiger partial charge in [0.1, 0.15) is 0 Å². The molecular formula is C18H17N3O2S2. The molecular weight excluding hydrogens is 354 g/mol. The highest BCUT2D eigenvalue weighted by Gasteiger charge is 2.27. The summed E-state index contributed by atoms with van der Waals surface area (Å²) in [5, 5.41) is 10.4. The van der Waals surface area contributed by atoms with Crippen LogP contribution in [0.15, 0.2) is 51.4 Å². The highest BCUT2D eigenvalue weighted by atomic mass is 32.2. The maximum Gasteiger partial charge on any atom is 0.277 e. The highest BCUT2D eigenvalue weighted by Crippen LogP contribution is 2.29. The summed E-state index contributed by atoms with van der Waals surface area (Å²) in [6.07, 6.45) is 0.939. The van der Waals surface area contributed by atoms with Gasteiger partial charge in [0, 0.05) is 23.5 Å². The predicted molar refractivity (Wildman–Crippen MR) is 98.5 cm³/mol. The van der Waals surface area contributed by atoms with Gasteiger partial charge in [0.2, 0.25) is 11.8 Å². The molecule has 25 heavy (non-hydrogen) atoms. The molecule has 0 fully saturated rings. The Morgan fingerprint density at radius 1 is 1.28 bits per heavy atom. The molecule has 1 amide bonds. The summed E-state index contributed by atoms with van der Waals surface area (Å²) in [6, 6.07) is 11.7. The van der Waals surface area contributed by atoms with E-state index in [0.29, 0.717) is 17.7 Å². The van der Waals surface area contributed by atoms with E-state index >= 15 is 0 Å². The molecule has 4 rings (SSSR count). The molecule has 3 aromatic rings. The van der Waals surface area contributed by atoms with Crippen molar-refractivity contribution < 1.29 is 9.21 Å². The topological polar surface area (TPSA) is 59.2 Å². The van der Waals surface area contributed by atoms with E-state index in [9.17, 15) is 4.79 Å². The molecule has 2 aromatic heterocycles. The molecule has 0 spiro atoms. The minimum Gasteiger partial charge on any atom is -0.411 e. The fraction of sp³-hybridized carbons (Fsp3) is 0.278. The summed E-state index contributed by atoms with van der Waals surface area (Å²) in [7, 11) is 0. The number of carbonyl (C=O) groups excluding carboxylic acids is 1. The third-order valence-corrected chi connectivity index (χ3v) is 6.12. The van der Waals surface area contributed by atoms with Crippen LogP contribution >= 0.6 is 23.1 Å². The fourth-order valence-electron chi connectivity index (χ4n) is 2.85. The van der Waals surface area contributed by atoms with Crippen LogP contribution in [0.5, 0.6) is 0 Å². The van der Waals surface area contributed by atoms with Crippen molar-refractivity contribution in [3.05, 3.63) is 52.2 Å². The van der Waals surface area contributed by atoms with E-state index in [0.717, 1.165) is 18.5 Å². The minimum absolute atomic E-state index is 0.112. The third kappa shape index (κ3) is 3.48. The van der Waals surface area contributed by atoms with E-state index in [1.807, 2.05) is 42.2 Å². The smallest absolute Gasteiger partial charge is 0.277 e. The number of amides is 1. The molecule has 0 saturated carbocycles. The second-order valence-corrected chi connectivity index (χ2v) is 8.17. The molecule has 7 heteroatoms. The van der Waals surface area contributed by atoms with Gasteiger partial charge in [0.05, 0.1) is 5.25 Å². The van der Waals surface area contributed by atoms with E-state index in [4.69, 9.17) is 4.42 Å². The summed E-state index contributed by atoms with van der Waals surface area (Å²) in [5.41, 5.74) is 2.15. The molecule has 0 saturated heterocycles. The van der Waals surface area contributed by atoms with Crippen LogP contribution in [-0.4, -0.2) is 32.8 Å². The summed E-state index contributed by atoms with van der Waals surface area (Å²) in [6.45, 7) is 3.36. The molecule has 0 radical (unpaired) electrons. The molecule has 1 unspecified atom stereocenters. The lowest BCUT2D eigenvalue weighted by molar-refractivity contribution is -0.131. The normalized spacial score (nSPS) is 15.0. The zero-order valence-electron chi connectivity index (χ0n) is 13.7. The number of fused-ring (bicyclic) bond motifs is 1. The molecule has 0 aliphatic carbocycles. The highest BCUT2D eigenvalue weighted by molar-refractivity contribution is 8.00. The third-order valence-electron chi connectivity index (χ3n) is 4.17. The fourth-order valence-corrected chi connectivity index (χ4v) is 4.51. The van der Waals surface area contributed by atoms with Crippen LogP contribution in [0.1, 0.15) is 17.4 Å². The van der Waals surface area contributed by atoms with Crippen LogP contribution in [-0.2, 0) is 17.8 Å². The Balaban J connectivity index is 1.41. The number of thiophene rings is 1. The first-order chi connectivity index (χ1) is 12.2. The summed E-state index contributed by atoms with van der Waals surface area (Å²) in [5.74, 6) is 0.588. The van der Waals surface area contributed by atoms with Gasteiger partial charge in [-0.1, -0.05) is 30.0 Å². The van der Waals surface area contributed by atoms with Crippen molar-refractivity contribution in [1.82, 2.24) is 15.1 Å². The zero-order chi connectivity index (χ0) is 17.2. The second kappa shape index (κ2) is 7.01. The average Bonchev–Trinajstić information content (AvgIpc) is 3.30. The van der Waals surface area contributed by atoms with Crippen molar-refractivity contribution in [2.24, 2.45) is 0 Å². The Morgan fingerprint density at radius 2 is 2.12 bits per heavy atom. The Morgan fingerprint density at radius 3 is 2.96 bits per heavy atom. The van der Waals surface area contributed by atoms with Crippen LogP contribution < -0.4 is 0 Å². The lowest BCUT2D eigenvalue weighted by Crippen LogP contribution is -2.39. The van der Waals surface area contributed by atoms with Gasteiger partial charge >= 0.3 is 0 Å². The van der Waals surface area contributed by atoms with Crippen LogP contribution in [0.3, 0.4) is 0 Å². The number of aromatic nitrogens is 2. The molecule has 0 N–H and O–H groups in total. The molecule has 1 aliphatic heterocycles. The van der Waals surface area contributed by atoms with Gasteiger partial charge in [-0.25, -0.2) is 0 Å². The Labute approximate surface area is 154 Å². The van der Waals surface area contributed by atoms with Gasteiger partial charge in [-0.05, 0) is 42.5 Å². The summed E-state index contributed by atoms with van der Waals surface area (Å²) >= 11 is 3.09. The quantitative estimate of drug-likeness (QED) is 0.652. The maximum absolute atomic E-state index is 12.7. The standard InChI is InChI=1S/C18H17N3O2S2/c1-12(17(22)21-9-7-15-14(11-21)8-10-24-15)25-18-20-19-16(23-18)13-5-3-2-4-6-13/h2-6,8,10,12H,7,9,11H2,1H3. The molecule has 3 heterocycles. The van der Waals surface area contributed by atoms with Crippen molar-refractivity contribution in [2.75, 3.05) is 6.54 Å². The SMILES string of the molecule is CC(Sc1nnc(-c2ccccc2)o1)C(=O)N1CCc2sccc2C1. The van der Waals surface area contributed by atoms with Gasteiger partial charge in [-0.3, -0.25) is 4.79 Å². The van der Waals surface area contributed by atoms with Crippen LogP contribution in [0.25, 0.3) is 11.5 Å². The largest absolute Gasteiger partial charge is 0.411 e. The first-order valence-electron chi connectivity index (χ1n) is 8.10. The molecule has 1 aliphatic rings. The van der Waals surface area contributed by atoms with Gasteiger partial charge in [-0.2, -0.15) is 0 Å². The second-order valence-electron chi connectivity index (χ2n) is 5.88. The molecule has 5 nitrogen and oxygen atoms in total. The monoisotopic (exact) mass is 371 g/mol. The first-order valence-corrected chi connectivity index (χ1v) is 9.86. The van der Waals surface area contributed by atoms with Crippen molar-refractivity contribution in [3.8, 4) is 11.5 Å². The van der Waals surface area contributed by atoms with Gasteiger partial charge < -0.3 is 9.32 Å². The van der Waals surface area contributed by atoms with E-state index in [2.05, 4.69) is 21.6 Å². The predicted octanol–water partition coefficient (Wildman–Crippen LogP) is 3.86. The van der Waals surface area contributed by atoms with E-state index in [1.54, 1.807) is 11.3 Å². The lowest BCUT2D eigenvalue weighted by atomic mass is 10.1. The van der Waals surface area contributed by atoms with Crippen LogP contribution in [0.4, 0.5) is 0 Å². The number of nitrogens with zero attached hydrogens (tertiary/aromatic N) is 3. The van der Waals surface area contributed by atoms with Crippen molar-refractivity contribution in [2.45, 2.75) is 30.4 Å². The Bertz CT molecular complexity index is 875. The molecule has 1 atom stereocenters. The number of hydrogen-bond donors (Lipinski definition) is 0. The van der Waals surface area contributed by atoms with Gasteiger partial charge in [-0.15, -0.1) is 21.5 Å².